The van der Waals surface area contributed by atoms with Gasteiger partial charge in [0.15, 0.2) is 0 Å². The average molecular weight is 440 g/mol. The van der Waals surface area contributed by atoms with Gasteiger partial charge in [0.25, 0.3) is 5.69 Å². The van der Waals surface area contributed by atoms with Crippen molar-refractivity contribution < 1.29 is 13.3 Å². The van der Waals surface area contributed by atoms with Crippen LogP contribution in [0.5, 0.6) is 0 Å². The standard InChI is InChI=1S/C17H18BrN3O4S/c18-15-6-7-16(17(12-15)21(22)23)19-8-10-20(11-9-19)26(24,25)13-14-4-2-1-3-5-14/h1-7,12H,8-11,13H2. The number of hydrogen-bond donors (Lipinski definition) is 0. The number of sulfonamides is 1. The summed E-state index contributed by atoms with van der Waals surface area (Å²) in [5, 5.41) is 11.3. The van der Waals surface area contributed by atoms with Gasteiger partial charge in [0.2, 0.25) is 10.0 Å². The second-order valence-electron chi connectivity index (χ2n) is 6.02. The highest BCUT2D eigenvalue weighted by Crippen LogP contribution is 2.32. The number of nitrogens with zero attached hydrogens (tertiary/aromatic N) is 3. The Hall–Kier alpha value is -1.97. The molecule has 0 spiro atoms. The molecule has 0 atom stereocenters. The minimum Gasteiger partial charge on any atom is -0.363 e. The first kappa shape index (κ1) is 18.8. The minimum atomic E-state index is -3.41. The van der Waals surface area contributed by atoms with E-state index in [9.17, 15) is 18.5 Å². The Morgan fingerprint density at radius 3 is 2.31 bits per heavy atom. The van der Waals surface area contributed by atoms with Crippen molar-refractivity contribution in [1.29, 1.82) is 0 Å². The molecular weight excluding hydrogens is 422 g/mol. The normalized spacial score (nSPS) is 15.8. The summed E-state index contributed by atoms with van der Waals surface area (Å²) in [6.07, 6.45) is 0. The van der Waals surface area contributed by atoms with E-state index in [1.54, 1.807) is 24.3 Å². The third-order valence-electron chi connectivity index (χ3n) is 4.30. The van der Waals surface area contributed by atoms with Gasteiger partial charge in [0, 0.05) is 36.7 Å². The summed E-state index contributed by atoms with van der Waals surface area (Å²) in [5.74, 6) is -0.0354. The summed E-state index contributed by atoms with van der Waals surface area (Å²) in [7, 11) is -3.41. The number of anilines is 1. The first-order valence-electron chi connectivity index (χ1n) is 8.07. The molecule has 1 aliphatic heterocycles. The number of hydrogen-bond acceptors (Lipinski definition) is 5. The molecule has 9 heteroatoms. The van der Waals surface area contributed by atoms with Crippen molar-refractivity contribution >= 4 is 37.3 Å². The van der Waals surface area contributed by atoms with Crippen LogP contribution in [-0.4, -0.2) is 43.8 Å². The summed E-state index contributed by atoms with van der Waals surface area (Å²) in [4.78, 5) is 12.7. The van der Waals surface area contributed by atoms with Crippen LogP contribution < -0.4 is 4.90 Å². The minimum absolute atomic E-state index is 0.0139. The molecule has 0 aliphatic carbocycles. The van der Waals surface area contributed by atoms with Crippen LogP contribution in [0.4, 0.5) is 11.4 Å². The Labute approximate surface area is 160 Å². The predicted molar refractivity (Wildman–Crippen MR) is 104 cm³/mol. The summed E-state index contributed by atoms with van der Waals surface area (Å²) in [5.41, 5.74) is 1.27. The zero-order valence-electron chi connectivity index (χ0n) is 13.9. The molecule has 0 saturated carbocycles. The van der Waals surface area contributed by atoms with Gasteiger partial charge in [-0.25, -0.2) is 8.42 Å². The van der Waals surface area contributed by atoms with Gasteiger partial charge >= 0.3 is 0 Å². The van der Waals surface area contributed by atoms with Crippen molar-refractivity contribution in [3.8, 4) is 0 Å². The Morgan fingerprint density at radius 2 is 1.69 bits per heavy atom. The summed E-state index contributed by atoms with van der Waals surface area (Å²) < 4.78 is 27.3. The molecule has 0 aromatic heterocycles. The fourth-order valence-corrected chi connectivity index (χ4v) is 4.86. The lowest BCUT2D eigenvalue weighted by atomic mass is 10.2. The van der Waals surface area contributed by atoms with Gasteiger partial charge in [0.1, 0.15) is 5.69 Å². The molecule has 1 aliphatic rings. The lowest BCUT2D eigenvalue weighted by Crippen LogP contribution is -2.49. The number of nitro groups is 1. The maximum absolute atomic E-state index is 12.6. The average Bonchev–Trinajstić information content (AvgIpc) is 2.62. The molecule has 3 rings (SSSR count). The highest BCUT2D eigenvalue weighted by molar-refractivity contribution is 9.10. The molecule has 7 nitrogen and oxygen atoms in total. The van der Waals surface area contributed by atoms with Crippen molar-refractivity contribution in [2.75, 3.05) is 31.1 Å². The topological polar surface area (TPSA) is 83.8 Å². The molecule has 138 valence electrons. The summed E-state index contributed by atoms with van der Waals surface area (Å²) >= 11 is 3.25. The Bertz CT molecular complexity index is 897. The Kier molecular flexibility index (Phi) is 5.59. The van der Waals surface area contributed by atoms with Crippen molar-refractivity contribution in [1.82, 2.24) is 4.31 Å². The van der Waals surface area contributed by atoms with Gasteiger partial charge in [-0.15, -0.1) is 0 Å². The van der Waals surface area contributed by atoms with Gasteiger partial charge in [-0.2, -0.15) is 4.31 Å². The first-order chi connectivity index (χ1) is 12.4. The van der Waals surface area contributed by atoms with Crippen LogP contribution >= 0.6 is 15.9 Å². The molecule has 0 bridgehead atoms. The molecule has 1 heterocycles. The molecule has 1 saturated heterocycles. The van der Waals surface area contributed by atoms with Gasteiger partial charge in [-0.1, -0.05) is 46.3 Å². The molecule has 0 radical (unpaired) electrons. The molecule has 0 N–H and O–H groups in total. The van der Waals surface area contributed by atoms with Crippen molar-refractivity contribution in [3.05, 3.63) is 68.7 Å². The largest absolute Gasteiger partial charge is 0.363 e. The van der Waals surface area contributed by atoms with Crippen LogP contribution in [0, 0.1) is 10.1 Å². The molecule has 2 aromatic carbocycles. The number of rotatable bonds is 5. The molecule has 2 aromatic rings. The van der Waals surface area contributed by atoms with E-state index in [-0.39, 0.29) is 11.4 Å². The number of halogens is 1. The number of piperazine rings is 1. The van der Waals surface area contributed by atoms with Crippen LogP contribution in [0.25, 0.3) is 0 Å². The lowest BCUT2D eigenvalue weighted by Gasteiger charge is -2.35. The highest BCUT2D eigenvalue weighted by Gasteiger charge is 2.29. The van der Waals surface area contributed by atoms with Crippen molar-refractivity contribution in [3.63, 3.8) is 0 Å². The molecule has 1 fully saturated rings. The van der Waals surface area contributed by atoms with E-state index in [4.69, 9.17) is 0 Å². The van der Waals surface area contributed by atoms with E-state index in [1.165, 1.54) is 10.4 Å². The third kappa shape index (κ3) is 4.22. The predicted octanol–water partition coefficient (Wildman–Crippen LogP) is 3.01. The van der Waals surface area contributed by atoms with Crippen LogP contribution in [0.15, 0.2) is 53.0 Å². The zero-order chi connectivity index (χ0) is 18.7. The summed E-state index contributed by atoms with van der Waals surface area (Å²) in [6, 6.07) is 14.0. The van der Waals surface area contributed by atoms with Gasteiger partial charge < -0.3 is 4.90 Å². The monoisotopic (exact) mass is 439 g/mol. The SMILES string of the molecule is O=[N+]([O-])c1cc(Br)ccc1N1CCN(S(=O)(=O)Cc2ccccc2)CC1. The second-order valence-corrected chi connectivity index (χ2v) is 8.90. The van der Waals surface area contributed by atoms with E-state index in [1.807, 2.05) is 23.1 Å². The molecule has 26 heavy (non-hydrogen) atoms. The van der Waals surface area contributed by atoms with Gasteiger partial charge in [-0.05, 0) is 17.7 Å². The molecule has 0 amide bonds. The maximum Gasteiger partial charge on any atom is 0.293 e. The van der Waals surface area contributed by atoms with Gasteiger partial charge in [0.05, 0.1) is 10.7 Å². The van der Waals surface area contributed by atoms with Crippen molar-refractivity contribution in [2.24, 2.45) is 0 Å². The molecule has 0 unspecified atom stereocenters. The van der Waals surface area contributed by atoms with E-state index in [0.29, 0.717) is 36.3 Å². The Morgan fingerprint density at radius 1 is 1.04 bits per heavy atom. The number of nitro benzene ring substituents is 1. The lowest BCUT2D eigenvalue weighted by molar-refractivity contribution is -0.384. The second kappa shape index (κ2) is 7.73. The van der Waals surface area contributed by atoms with E-state index >= 15 is 0 Å². The van der Waals surface area contributed by atoms with E-state index < -0.39 is 14.9 Å². The van der Waals surface area contributed by atoms with E-state index in [0.717, 1.165) is 5.56 Å². The fraction of sp³-hybridized carbons (Fsp3) is 0.294. The maximum atomic E-state index is 12.6. The quantitative estimate of drug-likeness (QED) is 0.527. The number of benzene rings is 2. The summed E-state index contributed by atoms with van der Waals surface area (Å²) in [6.45, 7) is 1.44. The smallest absolute Gasteiger partial charge is 0.293 e. The fourth-order valence-electron chi connectivity index (χ4n) is 2.99. The Balaban J connectivity index is 1.71. The van der Waals surface area contributed by atoms with E-state index in [2.05, 4.69) is 15.9 Å². The zero-order valence-corrected chi connectivity index (χ0v) is 16.3. The molecular formula is C17H18BrN3O4S. The van der Waals surface area contributed by atoms with Crippen LogP contribution in [0.2, 0.25) is 0 Å². The van der Waals surface area contributed by atoms with Crippen LogP contribution in [0.1, 0.15) is 5.56 Å². The third-order valence-corrected chi connectivity index (χ3v) is 6.64. The van der Waals surface area contributed by atoms with Crippen LogP contribution in [-0.2, 0) is 15.8 Å². The van der Waals surface area contributed by atoms with Crippen molar-refractivity contribution in [2.45, 2.75) is 5.75 Å². The van der Waals surface area contributed by atoms with Crippen LogP contribution in [0.3, 0.4) is 0 Å². The van der Waals surface area contributed by atoms with Gasteiger partial charge in [-0.3, -0.25) is 10.1 Å². The highest BCUT2D eigenvalue weighted by atomic mass is 79.9. The first-order valence-corrected chi connectivity index (χ1v) is 10.5.